The van der Waals surface area contributed by atoms with Gasteiger partial charge in [0.15, 0.2) is 0 Å². The largest absolute Gasteiger partial charge is 0.450 e. The van der Waals surface area contributed by atoms with E-state index >= 15 is 0 Å². The van der Waals surface area contributed by atoms with E-state index in [1.54, 1.807) is 34.9 Å². The van der Waals surface area contributed by atoms with Gasteiger partial charge in [-0.2, -0.15) is 0 Å². The molecule has 0 saturated carbocycles. The first-order valence-corrected chi connectivity index (χ1v) is 12.7. The maximum atomic E-state index is 13.0. The number of sulfonamides is 1. The molecule has 2 heterocycles. The van der Waals surface area contributed by atoms with Crippen molar-refractivity contribution in [3.8, 4) is 0 Å². The van der Waals surface area contributed by atoms with Gasteiger partial charge in [-0.15, -0.1) is 0 Å². The smallest absolute Gasteiger partial charge is 0.409 e. The Balaban J connectivity index is 1.61. The molecule has 0 unspecified atom stereocenters. The number of hydrogen-bond acceptors (Lipinski definition) is 5. The van der Waals surface area contributed by atoms with Crippen molar-refractivity contribution in [3.05, 3.63) is 33.8 Å². The highest BCUT2D eigenvalue weighted by molar-refractivity contribution is 7.88. The lowest BCUT2D eigenvalue weighted by atomic mass is 9.98. The Morgan fingerprint density at radius 3 is 2.29 bits per heavy atom. The minimum absolute atomic E-state index is 0.0702. The first-order valence-electron chi connectivity index (χ1n) is 10.3. The van der Waals surface area contributed by atoms with E-state index in [1.807, 2.05) is 0 Å². The summed E-state index contributed by atoms with van der Waals surface area (Å²) >= 11 is 12.3. The molecular weight excluding hydrogens is 465 g/mol. The summed E-state index contributed by atoms with van der Waals surface area (Å²) < 4.78 is 32.4. The second kappa shape index (κ2) is 10.4. The van der Waals surface area contributed by atoms with Gasteiger partial charge in [0, 0.05) is 54.9 Å². The van der Waals surface area contributed by atoms with Crippen LogP contribution in [0.15, 0.2) is 18.2 Å². The Morgan fingerprint density at radius 2 is 1.68 bits per heavy atom. The Morgan fingerprint density at radius 1 is 1.06 bits per heavy atom. The van der Waals surface area contributed by atoms with Crippen LogP contribution in [0.5, 0.6) is 0 Å². The molecule has 172 valence electrons. The van der Waals surface area contributed by atoms with E-state index < -0.39 is 15.9 Å². The second-order valence-electron chi connectivity index (χ2n) is 7.66. The lowest BCUT2D eigenvalue weighted by molar-refractivity contribution is -0.138. The summed E-state index contributed by atoms with van der Waals surface area (Å²) in [4.78, 5) is 28.1. The highest BCUT2D eigenvalue weighted by Crippen LogP contribution is 2.29. The van der Waals surface area contributed by atoms with Crippen LogP contribution >= 0.6 is 23.2 Å². The molecule has 1 aromatic rings. The van der Waals surface area contributed by atoms with Crippen molar-refractivity contribution in [3.63, 3.8) is 0 Å². The molecule has 1 atom stereocenters. The number of rotatable bonds is 5. The van der Waals surface area contributed by atoms with E-state index in [9.17, 15) is 18.0 Å². The predicted octanol–water partition coefficient (Wildman–Crippen LogP) is 2.84. The lowest BCUT2D eigenvalue weighted by Crippen LogP contribution is -2.54. The second-order valence-corrected chi connectivity index (χ2v) is 10.4. The quantitative estimate of drug-likeness (QED) is 0.631. The SMILES string of the molecule is CCOC(=O)N1CCN(C(=O)[C@H]2CCCN(S(=O)(=O)Cc3c(Cl)cccc3Cl)C2)CC1. The molecule has 0 bridgehead atoms. The van der Waals surface area contributed by atoms with Crippen LogP contribution in [0, 0.1) is 5.92 Å². The highest BCUT2D eigenvalue weighted by Gasteiger charge is 2.36. The van der Waals surface area contributed by atoms with Crippen molar-refractivity contribution in [1.82, 2.24) is 14.1 Å². The fourth-order valence-corrected chi connectivity index (χ4v) is 6.29. The van der Waals surface area contributed by atoms with Crippen LogP contribution < -0.4 is 0 Å². The number of carbonyl (C=O) groups is 2. The Kier molecular flexibility index (Phi) is 8.07. The fraction of sp³-hybridized carbons (Fsp3) is 0.600. The number of nitrogens with zero attached hydrogens (tertiary/aromatic N) is 3. The van der Waals surface area contributed by atoms with Gasteiger partial charge in [0.1, 0.15) is 0 Å². The number of carbonyl (C=O) groups excluding carboxylic acids is 2. The zero-order valence-electron chi connectivity index (χ0n) is 17.4. The molecule has 8 nitrogen and oxygen atoms in total. The minimum atomic E-state index is -3.68. The third-order valence-corrected chi connectivity index (χ3v) is 8.11. The first kappa shape index (κ1) is 24.1. The Bertz CT molecular complexity index is 899. The molecule has 0 spiro atoms. The first-order chi connectivity index (χ1) is 14.7. The van der Waals surface area contributed by atoms with Crippen LogP contribution in [0.3, 0.4) is 0 Å². The molecule has 0 aromatic heterocycles. The van der Waals surface area contributed by atoms with Crippen molar-refractivity contribution >= 4 is 45.2 Å². The number of hydrogen-bond donors (Lipinski definition) is 0. The van der Waals surface area contributed by atoms with Gasteiger partial charge in [0.25, 0.3) is 0 Å². The molecule has 2 aliphatic rings. The monoisotopic (exact) mass is 491 g/mol. The van der Waals surface area contributed by atoms with Crippen LogP contribution in [-0.4, -0.2) is 80.4 Å². The van der Waals surface area contributed by atoms with Crippen molar-refractivity contribution in [2.24, 2.45) is 5.92 Å². The summed E-state index contributed by atoms with van der Waals surface area (Å²) in [6, 6.07) is 4.88. The highest BCUT2D eigenvalue weighted by atomic mass is 35.5. The van der Waals surface area contributed by atoms with Gasteiger partial charge >= 0.3 is 6.09 Å². The maximum Gasteiger partial charge on any atom is 0.409 e. The number of halogens is 2. The topological polar surface area (TPSA) is 87.2 Å². The summed E-state index contributed by atoms with van der Waals surface area (Å²) in [5, 5.41) is 0.611. The summed E-state index contributed by atoms with van der Waals surface area (Å²) in [5.74, 6) is -0.775. The lowest BCUT2D eigenvalue weighted by Gasteiger charge is -2.38. The Labute approximate surface area is 193 Å². The molecule has 0 aliphatic carbocycles. The fourth-order valence-electron chi connectivity index (χ4n) is 3.92. The average Bonchev–Trinajstić information content (AvgIpc) is 2.76. The van der Waals surface area contributed by atoms with E-state index in [2.05, 4.69) is 0 Å². The van der Waals surface area contributed by atoms with Crippen molar-refractivity contribution in [2.45, 2.75) is 25.5 Å². The van der Waals surface area contributed by atoms with Gasteiger partial charge in [-0.05, 0) is 31.9 Å². The van der Waals surface area contributed by atoms with Gasteiger partial charge < -0.3 is 14.5 Å². The van der Waals surface area contributed by atoms with Gasteiger partial charge in [0.2, 0.25) is 15.9 Å². The summed E-state index contributed by atoms with van der Waals surface area (Å²) in [6.07, 6.45) is 0.868. The number of benzene rings is 1. The van der Waals surface area contributed by atoms with Crippen LogP contribution in [0.4, 0.5) is 4.79 Å². The minimum Gasteiger partial charge on any atom is -0.450 e. The summed E-state index contributed by atoms with van der Waals surface area (Å²) in [6.45, 7) is 4.21. The summed E-state index contributed by atoms with van der Waals surface area (Å²) in [7, 11) is -3.68. The third kappa shape index (κ3) is 5.83. The average molecular weight is 492 g/mol. The van der Waals surface area contributed by atoms with Crippen molar-refractivity contribution in [1.29, 1.82) is 0 Å². The van der Waals surface area contributed by atoms with Crippen molar-refractivity contribution in [2.75, 3.05) is 45.9 Å². The molecule has 31 heavy (non-hydrogen) atoms. The molecule has 2 saturated heterocycles. The molecular formula is C20H27Cl2N3O5S. The van der Waals surface area contributed by atoms with E-state index in [0.29, 0.717) is 67.8 Å². The summed E-state index contributed by atoms with van der Waals surface area (Å²) in [5.41, 5.74) is 0.370. The zero-order valence-corrected chi connectivity index (χ0v) is 19.8. The molecule has 3 rings (SSSR count). The van der Waals surface area contributed by atoms with E-state index in [4.69, 9.17) is 27.9 Å². The molecule has 11 heteroatoms. The number of ether oxygens (including phenoxy) is 1. The molecule has 2 amide bonds. The molecule has 1 aromatic carbocycles. The van der Waals surface area contributed by atoms with Gasteiger partial charge in [-0.1, -0.05) is 29.3 Å². The standard InChI is InChI=1S/C20H27Cl2N3O5S/c1-2-30-20(27)24-11-9-23(10-12-24)19(26)15-5-4-8-25(13-15)31(28,29)14-16-17(21)6-3-7-18(16)22/h3,6-7,15H,2,4-5,8-14H2,1H3/t15-/m0/s1. The van der Waals surface area contributed by atoms with Crippen LogP contribution in [0.25, 0.3) is 0 Å². The van der Waals surface area contributed by atoms with Gasteiger partial charge in [0.05, 0.1) is 18.3 Å². The number of piperidine rings is 1. The molecule has 0 radical (unpaired) electrons. The van der Waals surface area contributed by atoms with Gasteiger partial charge in [-0.3, -0.25) is 4.79 Å². The normalized spacial score (nSPS) is 20.5. The van der Waals surface area contributed by atoms with Crippen LogP contribution in [-0.2, 0) is 25.3 Å². The van der Waals surface area contributed by atoms with Crippen LogP contribution in [0.2, 0.25) is 10.0 Å². The van der Waals surface area contributed by atoms with Crippen LogP contribution in [0.1, 0.15) is 25.3 Å². The number of amides is 2. The predicted molar refractivity (Wildman–Crippen MR) is 119 cm³/mol. The zero-order chi connectivity index (χ0) is 22.6. The van der Waals surface area contributed by atoms with E-state index in [-0.39, 0.29) is 24.3 Å². The van der Waals surface area contributed by atoms with E-state index in [0.717, 1.165) is 0 Å². The third-order valence-electron chi connectivity index (χ3n) is 5.63. The van der Waals surface area contributed by atoms with Gasteiger partial charge in [-0.25, -0.2) is 17.5 Å². The Hall–Kier alpha value is -1.55. The molecule has 0 N–H and O–H groups in total. The maximum absolute atomic E-state index is 13.0. The molecule has 2 fully saturated rings. The molecule has 2 aliphatic heterocycles. The van der Waals surface area contributed by atoms with E-state index in [1.165, 1.54) is 4.31 Å². The van der Waals surface area contributed by atoms with Crippen molar-refractivity contribution < 1.29 is 22.7 Å². The number of piperazine rings is 1.